The van der Waals surface area contributed by atoms with Crippen molar-refractivity contribution >= 4 is 57.9 Å². The van der Waals surface area contributed by atoms with Crippen molar-refractivity contribution < 1.29 is 9.59 Å². The molecular formula is C22H20Cl2N2O2S. The van der Waals surface area contributed by atoms with Crippen LogP contribution in [0, 0.1) is 6.92 Å². The van der Waals surface area contributed by atoms with Crippen LogP contribution >= 0.6 is 35.0 Å². The van der Waals surface area contributed by atoms with Crippen LogP contribution in [-0.2, 0) is 11.3 Å². The number of imide groups is 1. The van der Waals surface area contributed by atoms with Gasteiger partial charge in [-0.05, 0) is 78.6 Å². The Kier molecular flexibility index (Phi) is 5.91. The van der Waals surface area contributed by atoms with Gasteiger partial charge < -0.3 is 4.90 Å². The first-order valence-electron chi connectivity index (χ1n) is 9.47. The van der Waals surface area contributed by atoms with Crippen molar-refractivity contribution in [3.8, 4) is 0 Å². The molecule has 2 aliphatic rings. The van der Waals surface area contributed by atoms with Crippen molar-refractivity contribution in [1.29, 1.82) is 0 Å². The number of halogens is 2. The second-order valence-electron chi connectivity index (χ2n) is 7.25. The average Bonchev–Trinajstić information content (AvgIpc) is 3.31. The maximum Gasteiger partial charge on any atom is 0.293 e. The minimum Gasteiger partial charge on any atom is -0.372 e. The number of benzene rings is 2. The number of hydrogen-bond acceptors (Lipinski definition) is 4. The summed E-state index contributed by atoms with van der Waals surface area (Å²) in [7, 11) is 0. The van der Waals surface area contributed by atoms with Crippen LogP contribution in [0.15, 0.2) is 41.3 Å². The van der Waals surface area contributed by atoms with Crippen LogP contribution in [0.2, 0.25) is 10.0 Å². The predicted octanol–water partition coefficient (Wildman–Crippen LogP) is 6.14. The van der Waals surface area contributed by atoms with Gasteiger partial charge in [0.05, 0.1) is 21.5 Å². The first kappa shape index (κ1) is 20.3. The van der Waals surface area contributed by atoms with Crippen molar-refractivity contribution in [3.05, 3.63) is 68.0 Å². The monoisotopic (exact) mass is 446 g/mol. The van der Waals surface area contributed by atoms with E-state index in [4.69, 9.17) is 23.2 Å². The maximum absolute atomic E-state index is 12.8. The highest BCUT2D eigenvalue weighted by molar-refractivity contribution is 8.18. The molecule has 0 radical (unpaired) electrons. The lowest BCUT2D eigenvalue weighted by Crippen LogP contribution is -2.27. The van der Waals surface area contributed by atoms with E-state index in [1.54, 1.807) is 18.2 Å². The highest BCUT2D eigenvalue weighted by Gasteiger charge is 2.35. The van der Waals surface area contributed by atoms with Gasteiger partial charge in [0.2, 0.25) is 0 Å². The average molecular weight is 447 g/mol. The lowest BCUT2D eigenvalue weighted by Gasteiger charge is -2.18. The first-order valence-corrected chi connectivity index (χ1v) is 11.0. The quantitative estimate of drug-likeness (QED) is 0.528. The van der Waals surface area contributed by atoms with Gasteiger partial charge in [-0.15, -0.1) is 0 Å². The Morgan fingerprint density at radius 2 is 1.79 bits per heavy atom. The Morgan fingerprint density at radius 1 is 1.03 bits per heavy atom. The molecule has 2 amide bonds. The Labute approximate surface area is 184 Å². The van der Waals surface area contributed by atoms with Crippen LogP contribution in [0.5, 0.6) is 0 Å². The SMILES string of the molecule is Cc1cc(N2CCCC2)ccc1C=C1SC(=O)N(Cc2ccc(Cl)c(Cl)c2)C1=O. The van der Waals surface area contributed by atoms with Gasteiger partial charge in [0.25, 0.3) is 11.1 Å². The molecule has 29 heavy (non-hydrogen) atoms. The molecular weight excluding hydrogens is 427 g/mol. The summed E-state index contributed by atoms with van der Waals surface area (Å²) in [5, 5.41) is 0.566. The topological polar surface area (TPSA) is 40.6 Å². The number of hydrogen-bond donors (Lipinski definition) is 0. The zero-order valence-electron chi connectivity index (χ0n) is 16.0. The summed E-state index contributed by atoms with van der Waals surface area (Å²) in [4.78, 5) is 29.3. The molecule has 0 N–H and O–H groups in total. The van der Waals surface area contributed by atoms with Crippen molar-refractivity contribution in [2.45, 2.75) is 26.3 Å². The van der Waals surface area contributed by atoms with Gasteiger partial charge in [0.1, 0.15) is 0 Å². The fourth-order valence-electron chi connectivity index (χ4n) is 3.59. The Balaban J connectivity index is 1.53. The fraction of sp³-hybridized carbons (Fsp3) is 0.273. The lowest BCUT2D eigenvalue weighted by atomic mass is 10.1. The number of rotatable bonds is 4. The van der Waals surface area contributed by atoms with Gasteiger partial charge >= 0.3 is 0 Å². The van der Waals surface area contributed by atoms with E-state index >= 15 is 0 Å². The van der Waals surface area contributed by atoms with Gasteiger partial charge in [0, 0.05) is 18.8 Å². The molecule has 0 spiro atoms. The lowest BCUT2D eigenvalue weighted by molar-refractivity contribution is -0.123. The molecule has 0 saturated carbocycles. The van der Waals surface area contributed by atoms with E-state index in [1.165, 1.54) is 23.4 Å². The number of amides is 2. The number of thioether (sulfide) groups is 1. The highest BCUT2D eigenvalue weighted by Crippen LogP contribution is 2.35. The molecule has 7 heteroatoms. The summed E-state index contributed by atoms with van der Waals surface area (Å²) in [6, 6.07) is 11.4. The van der Waals surface area contributed by atoms with Crippen LogP contribution in [0.3, 0.4) is 0 Å². The third-order valence-corrected chi connectivity index (χ3v) is 6.86. The zero-order valence-corrected chi connectivity index (χ0v) is 18.3. The van der Waals surface area contributed by atoms with Crippen molar-refractivity contribution in [2.75, 3.05) is 18.0 Å². The van der Waals surface area contributed by atoms with E-state index in [0.29, 0.717) is 15.0 Å². The van der Waals surface area contributed by atoms with E-state index < -0.39 is 0 Å². The number of carbonyl (C=O) groups is 2. The molecule has 2 aliphatic heterocycles. The molecule has 2 aromatic carbocycles. The van der Waals surface area contributed by atoms with E-state index in [0.717, 1.165) is 41.5 Å². The smallest absolute Gasteiger partial charge is 0.293 e. The van der Waals surface area contributed by atoms with Gasteiger partial charge in [-0.1, -0.05) is 35.3 Å². The van der Waals surface area contributed by atoms with Gasteiger partial charge in [-0.25, -0.2) is 0 Å². The summed E-state index contributed by atoms with van der Waals surface area (Å²) in [5.74, 6) is -0.283. The standard InChI is InChI=1S/C22H20Cl2N2O2S/c1-14-10-17(25-8-2-3-9-25)6-5-16(14)12-20-21(27)26(22(28)29-20)13-15-4-7-18(23)19(24)11-15/h4-7,10-12H,2-3,8-9,13H2,1H3. The summed E-state index contributed by atoms with van der Waals surface area (Å²) < 4.78 is 0. The third kappa shape index (κ3) is 4.32. The minimum atomic E-state index is -0.283. The predicted molar refractivity (Wildman–Crippen MR) is 121 cm³/mol. The van der Waals surface area contributed by atoms with Gasteiger partial charge in [-0.3, -0.25) is 14.5 Å². The maximum atomic E-state index is 12.8. The number of anilines is 1. The summed E-state index contributed by atoms with van der Waals surface area (Å²) in [6.07, 6.45) is 4.27. The molecule has 0 aliphatic carbocycles. The largest absolute Gasteiger partial charge is 0.372 e. The van der Waals surface area contributed by atoms with Crippen molar-refractivity contribution in [3.63, 3.8) is 0 Å². The first-order chi connectivity index (χ1) is 13.9. The normalized spacial score (nSPS) is 18.4. The Bertz CT molecular complexity index is 1020. The third-order valence-electron chi connectivity index (χ3n) is 5.21. The van der Waals surface area contributed by atoms with Crippen LogP contribution in [-0.4, -0.2) is 29.1 Å². The van der Waals surface area contributed by atoms with E-state index in [-0.39, 0.29) is 17.7 Å². The van der Waals surface area contributed by atoms with Crippen LogP contribution in [0.25, 0.3) is 6.08 Å². The second-order valence-corrected chi connectivity index (χ2v) is 9.06. The van der Waals surface area contributed by atoms with E-state index in [2.05, 4.69) is 17.0 Å². The van der Waals surface area contributed by atoms with Gasteiger partial charge in [-0.2, -0.15) is 0 Å². The molecule has 2 saturated heterocycles. The summed E-state index contributed by atoms with van der Waals surface area (Å²) >= 11 is 13.0. The molecule has 0 unspecified atom stereocenters. The summed E-state index contributed by atoms with van der Waals surface area (Å²) in [5.41, 5.74) is 4.01. The minimum absolute atomic E-state index is 0.172. The summed E-state index contributed by atoms with van der Waals surface area (Å²) in [6.45, 7) is 4.38. The fourth-order valence-corrected chi connectivity index (χ4v) is 4.74. The van der Waals surface area contributed by atoms with Crippen molar-refractivity contribution in [2.24, 2.45) is 0 Å². The molecule has 0 atom stereocenters. The molecule has 2 aromatic rings. The number of carbonyl (C=O) groups excluding carboxylic acids is 2. The number of aryl methyl sites for hydroxylation is 1. The Morgan fingerprint density at radius 3 is 2.48 bits per heavy atom. The molecule has 4 nitrogen and oxygen atoms in total. The molecule has 150 valence electrons. The molecule has 2 fully saturated rings. The molecule has 0 bridgehead atoms. The highest BCUT2D eigenvalue weighted by atomic mass is 35.5. The van der Waals surface area contributed by atoms with Gasteiger partial charge in [0.15, 0.2) is 0 Å². The molecule has 4 rings (SSSR count). The molecule has 2 heterocycles. The van der Waals surface area contributed by atoms with Crippen molar-refractivity contribution in [1.82, 2.24) is 4.90 Å². The molecule has 0 aromatic heterocycles. The van der Waals surface area contributed by atoms with Crippen LogP contribution in [0.4, 0.5) is 10.5 Å². The van der Waals surface area contributed by atoms with Crippen LogP contribution < -0.4 is 4.90 Å². The second kappa shape index (κ2) is 8.42. The zero-order chi connectivity index (χ0) is 20.5. The number of nitrogens with zero attached hydrogens (tertiary/aromatic N) is 2. The Hall–Kier alpha value is -1.95. The van der Waals surface area contributed by atoms with Crippen LogP contribution in [0.1, 0.15) is 29.5 Å². The van der Waals surface area contributed by atoms with E-state index in [9.17, 15) is 9.59 Å². The van der Waals surface area contributed by atoms with E-state index in [1.807, 2.05) is 19.1 Å².